The molecule has 1 amide bonds. The zero-order valence-corrected chi connectivity index (χ0v) is 8.29. The molecule has 0 atom stereocenters. The summed E-state index contributed by atoms with van der Waals surface area (Å²) in [6.45, 7) is 6.93. The summed E-state index contributed by atoms with van der Waals surface area (Å²) in [4.78, 5) is 10.9. The standard InChI is InChI=1S/C11H13NO2/c1-4-10-7(2)5-9(14)6-11(10)12-8(3)13/h4-6,14H,1H2,2-3H3,(H,12,13). The fourth-order valence-corrected chi connectivity index (χ4v) is 1.34. The van der Waals surface area contributed by atoms with Gasteiger partial charge in [-0.1, -0.05) is 12.7 Å². The van der Waals surface area contributed by atoms with E-state index < -0.39 is 0 Å². The Balaban J connectivity index is 3.24. The SMILES string of the molecule is C=Cc1c(C)cc(O)cc1NC(C)=O. The van der Waals surface area contributed by atoms with Gasteiger partial charge in [-0.25, -0.2) is 0 Å². The highest BCUT2D eigenvalue weighted by Gasteiger charge is 2.06. The van der Waals surface area contributed by atoms with Gasteiger partial charge in [-0.2, -0.15) is 0 Å². The predicted octanol–water partition coefficient (Wildman–Crippen LogP) is 2.30. The Morgan fingerprint density at radius 2 is 2.21 bits per heavy atom. The van der Waals surface area contributed by atoms with Crippen molar-refractivity contribution in [2.45, 2.75) is 13.8 Å². The van der Waals surface area contributed by atoms with Crippen LogP contribution in [0.3, 0.4) is 0 Å². The van der Waals surface area contributed by atoms with Crippen LogP contribution in [0.4, 0.5) is 5.69 Å². The number of carbonyl (C=O) groups is 1. The van der Waals surface area contributed by atoms with Crippen LogP contribution >= 0.6 is 0 Å². The van der Waals surface area contributed by atoms with E-state index in [9.17, 15) is 9.90 Å². The molecule has 0 aliphatic rings. The molecule has 0 aliphatic heterocycles. The number of nitrogens with one attached hydrogen (secondary N) is 1. The van der Waals surface area contributed by atoms with Crippen LogP contribution in [-0.4, -0.2) is 11.0 Å². The zero-order valence-electron chi connectivity index (χ0n) is 8.29. The van der Waals surface area contributed by atoms with Crippen LogP contribution in [0.25, 0.3) is 6.08 Å². The molecule has 1 rings (SSSR count). The molecule has 3 nitrogen and oxygen atoms in total. The molecule has 0 fully saturated rings. The van der Waals surface area contributed by atoms with Crippen LogP contribution in [0, 0.1) is 6.92 Å². The molecule has 0 heterocycles. The van der Waals surface area contributed by atoms with Crippen molar-refractivity contribution in [2.75, 3.05) is 5.32 Å². The maximum atomic E-state index is 10.9. The maximum absolute atomic E-state index is 10.9. The first-order chi connectivity index (χ1) is 6.54. The third-order valence-corrected chi connectivity index (χ3v) is 1.89. The minimum Gasteiger partial charge on any atom is -0.508 e. The van der Waals surface area contributed by atoms with Crippen molar-refractivity contribution in [2.24, 2.45) is 0 Å². The molecule has 1 aromatic rings. The lowest BCUT2D eigenvalue weighted by atomic mass is 10.1. The lowest BCUT2D eigenvalue weighted by Crippen LogP contribution is -2.07. The third kappa shape index (κ3) is 2.13. The van der Waals surface area contributed by atoms with Crippen LogP contribution in [0.2, 0.25) is 0 Å². The van der Waals surface area contributed by atoms with E-state index in [1.807, 2.05) is 6.92 Å². The molecular weight excluding hydrogens is 178 g/mol. The summed E-state index contributed by atoms with van der Waals surface area (Å²) < 4.78 is 0. The molecular formula is C11H13NO2. The Hall–Kier alpha value is -1.77. The summed E-state index contributed by atoms with van der Waals surface area (Å²) in [5, 5.41) is 12.0. The Morgan fingerprint density at radius 3 is 2.71 bits per heavy atom. The van der Waals surface area contributed by atoms with Crippen LogP contribution < -0.4 is 5.32 Å². The Labute approximate surface area is 83.1 Å². The number of rotatable bonds is 2. The molecule has 0 aliphatic carbocycles. The van der Waals surface area contributed by atoms with Crippen LogP contribution in [0.1, 0.15) is 18.1 Å². The fraction of sp³-hybridized carbons (Fsp3) is 0.182. The Bertz CT molecular complexity index is 383. The van der Waals surface area contributed by atoms with Gasteiger partial charge in [-0.05, 0) is 18.6 Å². The Kier molecular flexibility index (Phi) is 2.92. The van der Waals surface area contributed by atoms with Gasteiger partial charge in [0.2, 0.25) is 5.91 Å². The van der Waals surface area contributed by atoms with Crippen molar-refractivity contribution in [3.63, 3.8) is 0 Å². The molecule has 74 valence electrons. The quantitative estimate of drug-likeness (QED) is 0.753. The van der Waals surface area contributed by atoms with Gasteiger partial charge in [0, 0.05) is 18.6 Å². The van der Waals surface area contributed by atoms with Crippen LogP contribution in [-0.2, 0) is 4.79 Å². The second-order valence-electron chi connectivity index (χ2n) is 3.11. The molecule has 1 aromatic carbocycles. The Morgan fingerprint density at radius 1 is 1.57 bits per heavy atom. The van der Waals surface area contributed by atoms with E-state index in [0.29, 0.717) is 5.69 Å². The van der Waals surface area contributed by atoms with E-state index >= 15 is 0 Å². The van der Waals surface area contributed by atoms with Gasteiger partial charge in [0.15, 0.2) is 0 Å². The highest BCUT2D eigenvalue weighted by atomic mass is 16.3. The molecule has 3 heteroatoms. The summed E-state index contributed by atoms with van der Waals surface area (Å²) in [5.74, 6) is -0.0325. The number of aromatic hydroxyl groups is 1. The maximum Gasteiger partial charge on any atom is 0.221 e. The van der Waals surface area contributed by atoms with Gasteiger partial charge < -0.3 is 10.4 Å². The van der Waals surface area contributed by atoms with Crippen molar-refractivity contribution in [3.05, 3.63) is 29.8 Å². The van der Waals surface area contributed by atoms with Gasteiger partial charge in [0.1, 0.15) is 5.75 Å². The molecule has 0 unspecified atom stereocenters. The number of phenolic OH excluding ortho intramolecular Hbond substituents is 1. The summed E-state index contributed by atoms with van der Waals surface area (Å²) in [6, 6.07) is 3.13. The highest BCUT2D eigenvalue weighted by Crippen LogP contribution is 2.26. The van der Waals surface area contributed by atoms with E-state index in [1.165, 1.54) is 13.0 Å². The van der Waals surface area contributed by atoms with E-state index in [-0.39, 0.29) is 11.7 Å². The molecule has 0 bridgehead atoms. The van der Waals surface area contributed by atoms with Gasteiger partial charge in [-0.3, -0.25) is 4.79 Å². The summed E-state index contributed by atoms with van der Waals surface area (Å²) >= 11 is 0. The molecule has 0 radical (unpaired) electrons. The van der Waals surface area contributed by atoms with E-state index in [2.05, 4.69) is 11.9 Å². The number of amides is 1. The minimum atomic E-state index is -0.168. The van der Waals surface area contributed by atoms with E-state index in [0.717, 1.165) is 11.1 Å². The van der Waals surface area contributed by atoms with E-state index in [4.69, 9.17) is 0 Å². The van der Waals surface area contributed by atoms with Crippen LogP contribution in [0.5, 0.6) is 5.75 Å². The average molecular weight is 191 g/mol. The molecule has 2 N–H and O–H groups in total. The lowest BCUT2D eigenvalue weighted by molar-refractivity contribution is -0.114. The zero-order chi connectivity index (χ0) is 10.7. The summed E-state index contributed by atoms with van der Waals surface area (Å²) in [5.41, 5.74) is 2.30. The van der Waals surface area contributed by atoms with Gasteiger partial charge in [-0.15, -0.1) is 0 Å². The summed E-state index contributed by atoms with van der Waals surface area (Å²) in [7, 11) is 0. The fourth-order valence-electron chi connectivity index (χ4n) is 1.34. The third-order valence-electron chi connectivity index (χ3n) is 1.89. The van der Waals surface area contributed by atoms with Crippen molar-refractivity contribution in [1.82, 2.24) is 0 Å². The molecule has 0 saturated carbocycles. The van der Waals surface area contributed by atoms with Gasteiger partial charge >= 0.3 is 0 Å². The number of anilines is 1. The van der Waals surface area contributed by atoms with Crippen molar-refractivity contribution < 1.29 is 9.90 Å². The van der Waals surface area contributed by atoms with Crippen molar-refractivity contribution in [3.8, 4) is 5.75 Å². The second kappa shape index (κ2) is 3.96. The first-order valence-electron chi connectivity index (χ1n) is 4.28. The largest absolute Gasteiger partial charge is 0.508 e. The molecule has 14 heavy (non-hydrogen) atoms. The lowest BCUT2D eigenvalue weighted by Gasteiger charge is -2.10. The van der Waals surface area contributed by atoms with Gasteiger partial charge in [0.25, 0.3) is 0 Å². The normalized spacial score (nSPS) is 9.57. The molecule has 0 spiro atoms. The first kappa shape index (κ1) is 10.3. The summed E-state index contributed by atoms with van der Waals surface area (Å²) in [6.07, 6.45) is 1.65. The van der Waals surface area contributed by atoms with E-state index in [1.54, 1.807) is 12.1 Å². The molecule has 0 aromatic heterocycles. The van der Waals surface area contributed by atoms with Gasteiger partial charge in [0.05, 0.1) is 5.69 Å². The topological polar surface area (TPSA) is 49.3 Å². The smallest absolute Gasteiger partial charge is 0.221 e. The number of phenols is 1. The number of carbonyl (C=O) groups excluding carboxylic acids is 1. The highest BCUT2D eigenvalue weighted by molar-refractivity contribution is 5.91. The van der Waals surface area contributed by atoms with Crippen molar-refractivity contribution >= 4 is 17.7 Å². The predicted molar refractivity (Wildman–Crippen MR) is 57.2 cm³/mol. The number of hydrogen-bond donors (Lipinski definition) is 2. The molecule has 0 saturated heterocycles. The number of benzene rings is 1. The average Bonchev–Trinajstić information content (AvgIpc) is 2.01. The van der Waals surface area contributed by atoms with Crippen LogP contribution in [0.15, 0.2) is 18.7 Å². The van der Waals surface area contributed by atoms with Crippen molar-refractivity contribution in [1.29, 1.82) is 0 Å². The second-order valence-corrected chi connectivity index (χ2v) is 3.11. The number of aryl methyl sites for hydroxylation is 1. The first-order valence-corrected chi connectivity index (χ1v) is 4.28. The number of hydrogen-bond acceptors (Lipinski definition) is 2. The monoisotopic (exact) mass is 191 g/mol. The minimum absolute atomic E-state index is 0.136.